The number of benzene rings is 1. The molecular weight excluding hydrogens is 323 g/mol. The third-order valence-corrected chi connectivity index (χ3v) is 5.27. The van der Waals surface area contributed by atoms with Gasteiger partial charge in [0.2, 0.25) is 5.91 Å². The van der Waals surface area contributed by atoms with Crippen molar-refractivity contribution in [3.8, 4) is 0 Å². The van der Waals surface area contributed by atoms with E-state index in [1.165, 1.54) is 12.1 Å². The molecule has 3 nitrogen and oxygen atoms in total. The van der Waals surface area contributed by atoms with Crippen LogP contribution >= 0.6 is 11.8 Å². The summed E-state index contributed by atoms with van der Waals surface area (Å²) in [4.78, 5) is 18.9. The monoisotopic (exact) mass is 344 g/mol. The van der Waals surface area contributed by atoms with Gasteiger partial charge >= 0.3 is 0 Å². The minimum Gasteiger partial charge on any atom is -0.334 e. The molecule has 0 saturated carbocycles. The van der Waals surface area contributed by atoms with Gasteiger partial charge in [0, 0.05) is 30.7 Å². The van der Waals surface area contributed by atoms with Crippen LogP contribution in [0.1, 0.15) is 36.6 Å². The van der Waals surface area contributed by atoms with E-state index in [-0.39, 0.29) is 17.8 Å². The minimum absolute atomic E-state index is 0.126. The summed E-state index contributed by atoms with van der Waals surface area (Å²) in [6.45, 7) is 0.822. The molecule has 1 amide bonds. The normalized spacial score (nSPS) is 17.2. The molecule has 1 fully saturated rings. The van der Waals surface area contributed by atoms with Crippen LogP contribution in [-0.2, 0) is 10.5 Å². The Labute approximate surface area is 146 Å². The van der Waals surface area contributed by atoms with Crippen LogP contribution in [0.15, 0.2) is 48.7 Å². The van der Waals surface area contributed by atoms with E-state index in [0.29, 0.717) is 6.42 Å². The number of rotatable bonds is 6. The summed E-state index contributed by atoms with van der Waals surface area (Å²) in [6.07, 6.45) is 4.35. The van der Waals surface area contributed by atoms with E-state index in [1.807, 2.05) is 23.1 Å². The van der Waals surface area contributed by atoms with Gasteiger partial charge in [-0.2, -0.15) is 11.8 Å². The van der Waals surface area contributed by atoms with Crippen LogP contribution in [-0.4, -0.2) is 28.1 Å². The number of nitrogens with zero attached hydrogens (tertiary/aromatic N) is 2. The van der Waals surface area contributed by atoms with Gasteiger partial charge in [0.1, 0.15) is 5.82 Å². The first kappa shape index (κ1) is 17.0. The van der Waals surface area contributed by atoms with Crippen molar-refractivity contribution < 1.29 is 9.18 Å². The van der Waals surface area contributed by atoms with Crippen molar-refractivity contribution in [1.29, 1.82) is 0 Å². The van der Waals surface area contributed by atoms with Crippen molar-refractivity contribution in [3.63, 3.8) is 0 Å². The average molecular weight is 344 g/mol. The first-order valence-corrected chi connectivity index (χ1v) is 9.42. The molecule has 1 aromatic heterocycles. The zero-order valence-electron chi connectivity index (χ0n) is 13.5. The standard InChI is InChI=1S/C19H21FN2OS/c20-16-8-6-15(7-9-16)14-24-13-10-19(23)22-12-3-5-18(22)17-4-1-2-11-21-17/h1-2,4,6-9,11,18H,3,5,10,12-14H2. The molecule has 5 heteroatoms. The zero-order valence-corrected chi connectivity index (χ0v) is 14.3. The molecular formula is C19H21FN2OS. The highest BCUT2D eigenvalue weighted by Gasteiger charge is 2.30. The molecule has 126 valence electrons. The first-order valence-electron chi connectivity index (χ1n) is 8.26. The Morgan fingerprint density at radius 1 is 1.25 bits per heavy atom. The number of carbonyl (C=O) groups excluding carboxylic acids is 1. The summed E-state index contributed by atoms with van der Waals surface area (Å²) >= 11 is 1.71. The lowest BCUT2D eigenvalue weighted by Crippen LogP contribution is -2.31. The van der Waals surface area contributed by atoms with Gasteiger partial charge in [-0.05, 0) is 42.7 Å². The van der Waals surface area contributed by atoms with Crippen LogP contribution in [0.4, 0.5) is 4.39 Å². The molecule has 0 radical (unpaired) electrons. The smallest absolute Gasteiger partial charge is 0.223 e. The van der Waals surface area contributed by atoms with Crippen LogP contribution in [0.5, 0.6) is 0 Å². The van der Waals surface area contributed by atoms with Gasteiger partial charge in [-0.1, -0.05) is 18.2 Å². The maximum absolute atomic E-state index is 12.9. The predicted octanol–water partition coefficient (Wildman–Crippen LogP) is 4.21. The van der Waals surface area contributed by atoms with Gasteiger partial charge in [-0.25, -0.2) is 4.39 Å². The molecule has 24 heavy (non-hydrogen) atoms. The summed E-state index contributed by atoms with van der Waals surface area (Å²) in [5.41, 5.74) is 2.07. The van der Waals surface area contributed by atoms with Crippen molar-refractivity contribution in [3.05, 3.63) is 65.7 Å². The lowest BCUT2D eigenvalue weighted by atomic mass is 10.1. The fraction of sp³-hybridized carbons (Fsp3) is 0.368. The van der Waals surface area contributed by atoms with Gasteiger partial charge < -0.3 is 4.90 Å². The second-order valence-corrected chi connectivity index (χ2v) is 7.03. The number of likely N-dealkylation sites (tertiary alicyclic amines) is 1. The Hall–Kier alpha value is -1.88. The molecule has 1 aromatic carbocycles. The first-order chi connectivity index (χ1) is 11.7. The van der Waals surface area contributed by atoms with Crippen LogP contribution in [0.3, 0.4) is 0 Å². The summed E-state index contributed by atoms with van der Waals surface area (Å²) < 4.78 is 12.9. The highest BCUT2D eigenvalue weighted by molar-refractivity contribution is 7.98. The van der Waals surface area contributed by atoms with Crippen molar-refractivity contribution in [1.82, 2.24) is 9.88 Å². The Balaban J connectivity index is 1.47. The second kappa shape index (κ2) is 8.29. The quantitative estimate of drug-likeness (QED) is 0.736. The fourth-order valence-corrected chi connectivity index (χ4v) is 3.91. The van der Waals surface area contributed by atoms with E-state index in [1.54, 1.807) is 30.1 Å². The molecule has 0 N–H and O–H groups in total. The van der Waals surface area contributed by atoms with Crippen molar-refractivity contribution in [2.75, 3.05) is 12.3 Å². The number of carbonyl (C=O) groups is 1. The predicted molar refractivity (Wildman–Crippen MR) is 95.1 cm³/mol. The topological polar surface area (TPSA) is 33.2 Å². The highest BCUT2D eigenvalue weighted by atomic mass is 32.2. The van der Waals surface area contributed by atoms with E-state index < -0.39 is 0 Å². The number of aromatic nitrogens is 1. The SMILES string of the molecule is O=C(CCSCc1ccc(F)cc1)N1CCCC1c1ccccn1. The van der Waals surface area contributed by atoms with Crippen molar-refractivity contribution >= 4 is 17.7 Å². The summed E-state index contributed by atoms with van der Waals surface area (Å²) in [5.74, 6) is 1.57. The van der Waals surface area contributed by atoms with Crippen molar-refractivity contribution in [2.45, 2.75) is 31.1 Å². The van der Waals surface area contributed by atoms with Gasteiger partial charge in [0.05, 0.1) is 11.7 Å². The minimum atomic E-state index is -0.214. The Morgan fingerprint density at radius 3 is 2.83 bits per heavy atom. The number of halogens is 1. The maximum Gasteiger partial charge on any atom is 0.223 e. The number of hydrogen-bond donors (Lipinski definition) is 0. The van der Waals surface area contributed by atoms with Crippen molar-refractivity contribution in [2.24, 2.45) is 0 Å². The molecule has 2 heterocycles. The third kappa shape index (κ3) is 4.35. The second-order valence-electron chi connectivity index (χ2n) is 5.93. The van der Waals surface area contributed by atoms with E-state index in [4.69, 9.17) is 0 Å². The lowest BCUT2D eigenvalue weighted by Gasteiger charge is -2.24. The number of hydrogen-bond acceptors (Lipinski definition) is 3. The zero-order chi connectivity index (χ0) is 16.8. The van der Waals surface area contributed by atoms with E-state index in [9.17, 15) is 9.18 Å². The molecule has 3 rings (SSSR count). The Morgan fingerprint density at radius 2 is 2.08 bits per heavy atom. The van der Waals surface area contributed by atoms with E-state index >= 15 is 0 Å². The summed E-state index contributed by atoms with van der Waals surface area (Å²) in [5, 5.41) is 0. The highest BCUT2D eigenvalue weighted by Crippen LogP contribution is 2.31. The fourth-order valence-electron chi connectivity index (χ4n) is 3.02. The van der Waals surface area contributed by atoms with Gasteiger partial charge in [-0.15, -0.1) is 0 Å². The third-order valence-electron chi connectivity index (χ3n) is 4.24. The molecule has 1 aliphatic heterocycles. The number of amides is 1. The van der Waals surface area contributed by atoms with E-state index in [2.05, 4.69) is 4.98 Å². The Bertz CT molecular complexity index is 663. The van der Waals surface area contributed by atoms with Gasteiger partial charge in [0.25, 0.3) is 0 Å². The molecule has 2 aromatic rings. The largest absolute Gasteiger partial charge is 0.334 e. The van der Waals surface area contributed by atoms with Gasteiger partial charge in [-0.3, -0.25) is 9.78 Å². The van der Waals surface area contributed by atoms with Gasteiger partial charge in [0.15, 0.2) is 0 Å². The molecule has 1 aliphatic rings. The molecule has 0 bridgehead atoms. The van der Waals surface area contributed by atoms with Crippen LogP contribution < -0.4 is 0 Å². The molecule has 0 spiro atoms. The van der Waals surface area contributed by atoms with Crippen LogP contribution in [0.2, 0.25) is 0 Å². The average Bonchev–Trinajstić information content (AvgIpc) is 3.11. The molecule has 1 atom stereocenters. The number of pyridine rings is 1. The van der Waals surface area contributed by atoms with E-state index in [0.717, 1.165) is 42.1 Å². The summed E-state index contributed by atoms with van der Waals surface area (Å²) in [7, 11) is 0. The molecule has 0 aliphatic carbocycles. The number of thioether (sulfide) groups is 1. The van der Waals surface area contributed by atoms with Crippen LogP contribution in [0.25, 0.3) is 0 Å². The van der Waals surface area contributed by atoms with Crippen LogP contribution in [0, 0.1) is 5.82 Å². The Kier molecular flexibility index (Phi) is 5.86. The lowest BCUT2D eigenvalue weighted by molar-refractivity contribution is -0.131. The molecule has 1 unspecified atom stereocenters. The molecule has 1 saturated heterocycles. The maximum atomic E-state index is 12.9. The summed E-state index contributed by atoms with van der Waals surface area (Å²) in [6, 6.07) is 12.5.